The minimum Gasteiger partial charge on any atom is -0.381 e. The predicted octanol–water partition coefficient (Wildman–Crippen LogP) is 3.29. The van der Waals surface area contributed by atoms with E-state index in [1.165, 1.54) is 6.20 Å². The molecule has 1 atom stereocenters. The molecule has 0 aliphatic heterocycles. The lowest BCUT2D eigenvalue weighted by Gasteiger charge is -2.09. The van der Waals surface area contributed by atoms with Crippen LogP contribution in [-0.2, 0) is 7.05 Å². The molecule has 0 saturated carbocycles. The van der Waals surface area contributed by atoms with E-state index >= 15 is 0 Å². The molecule has 0 fully saturated rings. The van der Waals surface area contributed by atoms with Crippen LogP contribution in [0.15, 0.2) is 16.7 Å². The fourth-order valence-corrected chi connectivity index (χ4v) is 3.30. The monoisotopic (exact) mass is 320 g/mol. The van der Waals surface area contributed by atoms with Gasteiger partial charge in [-0.2, -0.15) is 5.10 Å². The summed E-state index contributed by atoms with van der Waals surface area (Å²) < 4.78 is 2.60. The van der Waals surface area contributed by atoms with E-state index in [1.807, 2.05) is 13.0 Å². The highest BCUT2D eigenvalue weighted by molar-refractivity contribution is 9.10. The lowest BCUT2D eigenvalue weighted by Crippen LogP contribution is -2.05. The molecule has 2 aromatic heterocycles. The van der Waals surface area contributed by atoms with Gasteiger partial charge in [-0.1, -0.05) is 11.6 Å². The number of aliphatic hydroxyl groups is 1. The van der Waals surface area contributed by atoms with Crippen molar-refractivity contribution in [3.63, 3.8) is 0 Å². The van der Waals surface area contributed by atoms with Crippen molar-refractivity contribution in [3.8, 4) is 0 Å². The molecule has 2 rings (SSSR count). The van der Waals surface area contributed by atoms with E-state index in [4.69, 9.17) is 11.6 Å². The van der Waals surface area contributed by atoms with Gasteiger partial charge in [0.05, 0.1) is 16.9 Å². The van der Waals surface area contributed by atoms with Crippen LogP contribution in [0.1, 0.15) is 21.6 Å². The molecule has 16 heavy (non-hydrogen) atoms. The normalized spacial score (nSPS) is 13.1. The lowest BCUT2D eigenvalue weighted by atomic mass is 10.2. The van der Waals surface area contributed by atoms with Gasteiger partial charge in [-0.15, -0.1) is 11.3 Å². The van der Waals surface area contributed by atoms with Gasteiger partial charge in [0.2, 0.25) is 0 Å². The number of nitrogens with zero attached hydrogens (tertiary/aromatic N) is 2. The molecule has 86 valence electrons. The van der Waals surface area contributed by atoms with Gasteiger partial charge in [0.1, 0.15) is 6.10 Å². The Bertz CT molecular complexity index is 484. The van der Waals surface area contributed by atoms with Crippen LogP contribution in [0.2, 0.25) is 5.02 Å². The summed E-state index contributed by atoms with van der Waals surface area (Å²) >= 11 is 11.0. The Morgan fingerprint density at radius 1 is 1.62 bits per heavy atom. The Kier molecular flexibility index (Phi) is 3.39. The lowest BCUT2D eigenvalue weighted by molar-refractivity contribution is 0.213. The number of aryl methyl sites for hydroxylation is 2. The number of hydrogen-bond donors (Lipinski definition) is 1. The van der Waals surface area contributed by atoms with Gasteiger partial charge in [-0.3, -0.25) is 4.68 Å². The van der Waals surface area contributed by atoms with Crippen molar-refractivity contribution in [2.75, 3.05) is 0 Å². The predicted molar refractivity (Wildman–Crippen MR) is 69.0 cm³/mol. The van der Waals surface area contributed by atoms with Gasteiger partial charge in [0, 0.05) is 21.3 Å². The fraction of sp³-hybridized carbons (Fsp3) is 0.300. The molecule has 0 radical (unpaired) electrons. The molecule has 0 amide bonds. The molecular formula is C10H10BrClN2OS. The number of aromatic nitrogens is 2. The Morgan fingerprint density at radius 3 is 2.75 bits per heavy atom. The smallest absolute Gasteiger partial charge is 0.131 e. The highest BCUT2D eigenvalue weighted by atomic mass is 79.9. The van der Waals surface area contributed by atoms with Crippen LogP contribution in [0.4, 0.5) is 0 Å². The zero-order valence-corrected chi connectivity index (χ0v) is 11.9. The summed E-state index contributed by atoms with van der Waals surface area (Å²) in [5.74, 6) is 0. The van der Waals surface area contributed by atoms with Crippen LogP contribution in [-0.4, -0.2) is 14.9 Å². The van der Waals surface area contributed by atoms with E-state index in [9.17, 15) is 5.11 Å². The molecular weight excluding hydrogens is 312 g/mol. The summed E-state index contributed by atoms with van der Waals surface area (Å²) in [5.41, 5.74) is 0.621. The number of halogens is 2. The van der Waals surface area contributed by atoms with Crippen molar-refractivity contribution in [1.29, 1.82) is 0 Å². The van der Waals surface area contributed by atoms with Crippen LogP contribution in [0.25, 0.3) is 0 Å². The third-order valence-electron chi connectivity index (χ3n) is 2.34. The minimum absolute atomic E-state index is 0.483. The minimum atomic E-state index is -0.727. The number of rotatable bonds is 2. The fourth-order valence-electron chi connectivity index (χ4n) is 1.48. The molecule has 3 nitrogen and oxygen atoms in total. The Hall–Kier alpha value is -0.360. The largest absolute Gasteiger partial charge is 0.381 e. The van der Waals surface area contributed by atoms with E-state index in [2.05, 4.69) is 21.0 Å². The standard InChI is InChI=1S/C10H10BrClN2OS/c1-5-6(11)3-8(16-5)10(15)9-7(12)4-13-14(9)2/h3-4,10,15H,1-2H3. The molecule has 0 saturated heterocycles. The van der Waals surface area contributed by atoms with Gasteiger partial charge in [-0.05, 0) is 28.9 Å². The van der Waals surface area contributed by atoms with E-state index < -0.39 is 6.10 Å². The second-order valence-electron chi connectivity index (χ2n) is 3.46. The second-order valence-corrected chi connectivity index (χ2v) is 6.01. The SMILES string of the molecule is Cc1sc(C(O)c2c(Cl)cnn2C)cc1Br. The summed E-state index contributed by atoms with van der Waals surface area (Å²) in [6.45, 7) is 2.00. The molecule has 6 heteroatoms. The molecule has 0 aliphatic rings. The van der Waals surface area contributed by atoms with Crippen molar-refractivity contribution in [3.05, 3.63) is 37.2 Å². The number of hydrogen-bond acceptors (Lipinski definition) is 3. The topological polar surface area (TPSA) is 38.1 Å². The summed E-state index contributed by atoms with van der Waals surface area (Å²) in [6.07, 6.45) is 0.810. The van der Waals surface area contributed by atoms with E-state index in [0.29, 0.717) is 10.7 Å². The summed E-state index contributed by atoms with van der Waals surface area (Å²) in [6, 6.07) is 1.91. The maximum atomic E-state index is 10.2. The molecule has 0 aromatic carbocycles. The first-order valence-corrected chi connectivity index (χ1v) is 6.60. The van der Waals surface area contributed by atoms with Crippen LogP contribution in [0, 0.1) is 6.92 Å². The van der Waals surface area contributed by atoms with Gasteiger partial charge >= 0.3 is 0 Å². The van der Waals surface area contributed by atoms with Gasteiger partial charge < -0.3 is 5.11 Å². The zero-order valence-electron chi connectivity index (χ0n) is 8.74. The average molecular weight is 322 g/mol. The molecule has 0 bridgehead atoms. The average Bonchev–Trinajstić information content (AvgIpc) is 2.72. The number of aliphatic hydroxyl groups excluding tert-OH is 1. The third kappa shape index (κ3) is 2.05. The second kappa shape index (κ2) is 4.49. The highest BCUT2D eigenvalue weighted by Crippen LogP contribution is 2.35. The Labute approximate surface area is 111 Å². The van der Waals surface area contributed by atoms with Crippen LogP contribution >= 0.6 is 38.9 Å². The van der Waals surface area contributed by atoms with Crippen molar-refractivity contribution in [2.24, 2.45) is 7.05 Å². The van der Waals surface area contributed by atoms with E-state index in [0.717, 1.165) is 14.2 Å². The molecule has 1 N–H and O–H groups in total. The van der Waals surface area contributed by atoms with Crippen molar-refractivity contribution >= 4 is 38.9 Å². The van der Waals surface area contributed by atoms with E-state index in [1.54, 1.807) is 23.1 Å². The van der Waals surface area contributed by atoms with Crippen LogP contribution in [0.3, 0.4) is 0 Å². The van der Waals surface area contributed by atoms with Gasteiger partial charge in [-0.25, -0.2) is 0 Å². The maximum absolute atomic E-state index is 10.2. The molecule has 1 unspecified atom stereocenters. The Balaban J connectivity index is 2.42. The molecule has 2 heterocycles. The molecule has 0 spiro atoms. The van der Waals surface area contributed by atoms with Gasteiger partial charge in [0.25, 0.3) is 0 Å². The summed E-state index contributed by atoms with van der Waals surface area (Å²) in [4.78, 5) is 1.99. The van der Waals surface area contributed by atoms with Gasteiger partial charge in [0.15, 0.2) is 0 Å². The van der Waals surface area contributed by atoms with Crippen LogP contribution < -0.4 is 0 Å². The van der Waals surface area contributed by atoms with Crippen molar-refractivity contribution in [2.45, 2.75) is 13.0 Å². The molecule has 2 aromatic rings. The summed E-state index contributed by atoms with van der Waals surface area (Å²) in [5, 5.41) is 14.7. The van der Waals surface area contributed by atoms with Crippen molar-refractivity contribution < 1.29 is 5.11 Å². The molecule has 0 aliphatic carbocycles. The van der Waals surface area contributed by atoms with Crippen molar-refractivity contribution in [1.82, 2.24) is 9.78 Å². The first-order chi connectivity index (χ1) is 7.50. The maximum Gasteiger partial charge on any atom is 0.131 e. The quantitative estimate of drug-likeness (QED) is 0.921. The zero-order chi connectivity index (χ0) is 11.9. The first-order valence-electron chi connectivity index (χ1n) is 4.62. The Morgan fingerprint density at radius 2 is 2.31 bits per heavy atom. The number of thiophene rings is 1. The third-order valence-corrected chi connectivity index (χ3v) is 4.82. The van der Waals surface area contributed by atoms with Crippen LogP contribution in [0.5, 0.6) is 0 Å². The highest BCUT2D eigenvalue weighted by Gasteiger charge is 2.20. The summed E-state index contributed by atoms with van der Waals surface area (Å²) in [7, 11) is 1.76. The van der Waals surface area contributed by atoms with E-state index in [-0.39, 0.29) is 0 Å². The first kappa shape index (κ1) is 12.1.